The number of ether oxygens (including phenoxy) is 2. The topological polar surface area (TPSA) is 185 Å². The predicted octanol–water partition coefficient (Wildman–Crippen LogP) is 5.01. The second-order valence-corrected chi connectivity index (χ2v) is 18.5. The molecule has 2 saturated carbocycles. The van der Waals surface area contributed by atoms with Gasteiger partial charge in [0.05, 0.1) is 17.9 Å². The lowest BCUT2D eigenvalue weighted by Gasteiger charge is -2.43. The minimum absolute atomic E-state index is 0.0448. The summed E-state index contributed by atoms with van der Waals surface area (Å²) in [6.07, 6.45) is 5.12. The number of nitrogens with one attached hydrogen (secondary N) is 2. The molecule has 7 atom stereocenters. The Balaban J connectivity index is 1.41. The van der Waals surface area contributed by atoms with Crippen LogP contribution < -0.4 is 19.5 Å². The van der Waals surface area contributed by atoms with Crippen LogP contribution in [-0.4, -0.2) is 99.3 Å². The van der Waals surface area contributed by atoms with E-state index in [9.17, 15) is 27.9 Å². The van der Waals surface area contributed by atoms with E-state index in [1.807, 2.05) is 32.9 Å². The molecule has 2 aliphatic heterocycles. The van der Waals surface area contributed by atoms with Crippen molar-refractivity contribution in [3.63, 3.8) is 0 Å². The van der Waals surface area contributed by atoms with Gasteiger partial charge in [-0.25, -0.2) is 18.2 Å². The fourth-order valence-corrected chi connectivity index (χ4v) is 9.44. The first-order valence-electron chi connectivity index (χ1n) is 20.6. The average molecular weight is 785 g/mol. The Kier molecular flexibility index (Phi) is 10.1. The number of hydrogen-bond acceptors (Lipinski definition) is 9. The van der Waals surface area contributed by atoms with Crippen LogP contribution in [0.25, 0.3) is 10.8 Å². The SMILES string of the molecule is [2H]C([2H])([2H])C(C)(C)N(C(=O)O)[C@@H]1C(=O)N2C[C@H](Oc3nccc4cc(OC(C)C)ccc34)C[C@H]2C(=O)NC2(C(=O)NS(=O)(=O)C3CC3)CC2/C=C\CC[C@H](C)C[C@H]1C. The summed E-state index contributed by atoms with van der Waals surface area (Å²) in [5, 5.41) is 14.2. The van der Waals surface area contributed by atoms with Crippen LogP contribution in [0.5, 0.6) is 11.6 Å². The van der Waals surface area contributed by atoms with Crippen molar-refractivity contribution >= 4 is 44.6 Å². The summed E-state index contributed by atoms with van der Waals surface area (Å²) in [6, 6.07) is 4.35. The van der Waals surface area contributed by atoms with E-state index in [2.05, 4.69) is 15.0 Å². The Labute approximate surface area is 327 Å². The van der Waals surface area contributed by atoms with Crippen molar-refractivity contribution in [1.82, 2.24) is 24.8 Å². The van der Waals surface area contributed by atoms with Crippen molar-refractivity contribution in [3.05, 3.63) is 42.6 Å². The van der Waals surface area contributed by atoms with E-state index >= 15 is 4.79 Å². The van der Waals surface area contributed by atoms with E-state index in [4.69, 9.17) is 13.6 Å². The van der Waals surface area contributed by atoms with Crippen molar-refractivity contribution in [3.8, 4) is 11.6 Å². The van der Waals surface area contributed by atoms with Gasteiger partial charge in [-0.05, 0) is 115 Å². The van der Waals surface area contributed by atoms with Crippen LogP contribution in [0.2, 0.25) is 0 Å². The highest BCUT2D eigenvalue weighted by Crippen LogP contribution is 2.46. The highest BCUT2D eigenvalue weighted by molar-refractivity contribution is 7.91. The fraction of sp³-hybridized carbons (Fsp3) is 0.625. The Morgan fingerprint density at radius 3 is 2.58 bits per heavy atom. The molecular weight excluding hydrogens is 727 g/mol. The van der Waals surface area contributed by atoms with Crippen LogP contribution in [0.4, 0.5) is 4.79 Å². The smallest absolute Gasteiger partial charge is 0.408 e. The zero-order valence-corrected chi connectivity index (χ0v) is 33.1. The number of benzene rings is 1. The lowest BCUT2D eigenvalue weighted by atomic mass is 9.85. The van der Waals surface area contributed by atoms with Gasteiger partial charge in [0.1, 0.15) is 29.5 Å². The normalized spacial score (nSPS) is 30.7. The van der Waals surface area contributed by atoms with E-state index < -0.39 is 87.0 Å². The monoisotopic (exact) mass is 784 g/mol. The van der Waals surface area contributed by atoms with Crippen molar-refractivity contribution < 1.29 is 46.3 Å². The van der Waals surface area contributed by atoms with Gasteiger partial charge in [0, 0.05) is 33.6 Å². The second kappa shape index (κ2) is 15.3. The third kappa shape index (κ3) is 8.71. The van der Waals surface area contributed by atoms with Crippen molar-refractivity contribution in [2.45, 2.75) is 134 Å². The van der Waals surface area contributed by atoms with Gasteiger partial charge < -0.3 is 24.8 Å². The molecule has 0 bridgehead atoms. The molecule has 55 heavy (non-hydrogen) atoms. The molecule has 0 spiro atoms. The van der Waals surface area contributed by atoms with Crippen LogP contribution in [0.15, 0.2) is 42.6 Å². The molecule has 2 unspecified atom stereocenters. The highest BCUT2D eigenvalue weighted by Gasteiger charge is 2.62. The summed E-state index contributed by atoms with van der Waals surface area (Å²) < 4.78 is 65.3. The number of amides is 4. The third-order valence-corrected chi connectivity index (χ3v) is 12.8. The van der Waals surface area contributed by atoms with Crippen LogP contribution in [0, 0.1) is 17.8 Å². The molecular formula is C40H55N5O9S. The Bertz CT molecular complexity index is 2070. The maximum atomic E-state index is 15.2. The standard InChI is InChI=1S/C40H55N5O9S/c1-23(2)53-28-12-15-31-26(19-28)16-17-41-35(31)54-29-20-32-34(46)42-40(37(48)43-55(51,52)30-13-14-30)21-27(40)11-9-8-10-24(3)18-25(4)33(36(47)44(32)22-29)45(38(49)50)39(5,6)7/h9,11-12,15-17,19,23-25,27,29-30,32-33H,8,10,13-14,18,20-22H2,1-7H3,(H,42,46)(H,43,48)(H,49,50)/b11-9-/t24-,25+,27?,29+,32-,33-,40?/m0/s1/i5D3. The molecule has 300 valence electrons. The maximum absolute atomic E-state index is 15.2. The number of nitrogens with zero attached hydrogens (tertiary/aromatic N) is 3. The first-order chi connectivity index (χ1) is 27.1. The molecule has 1 aromatic carbocycles. The van der Waals surface area contributed by atoms with Crippen molar-refractivity contribution in [1.29, 1.82) is 0 Å². The number of allylic oxidation sites excluding steroid dienone is 1. The Morgan fingerprint density at radius 1 is 1.16 bits per heavy atom. The third-order valence-electron chi connectivity index (χ3n) is 11.0. The van der Waals surface area contributed by atoms with Gasteiger partial charge in [-0.15, -0.1) is 0 Å². The summed E-state index contributed by atoms with van der Waals surface area (Å²) in [4.78, 5) is 63.2. The molecule has 0 radical (unpaired) electrons. The summed E-state index contributed by atoms with van der Waals surface area (Å²) in [5.41, 5.74) is -3.65. The van der Waals surface area contributed by atoms with Crippen LogP contribution >= 0.6 is 0 Å². The number of carbonyl (C=O) groups is 4. The van der Waals surface area contributed by atoms with E-state index in [1.54, 1.807) is 37.4 Å². The van der Waals surface area contributed by atoms with Crippen LogP contribution in [0.1, 0.15) is 97.5 Å². The molecule has 4 aliphatic rings. The summed E-state index contributed by atoms with van der Waals surface area (Å²) in [6.45, 7) is 6.97. The molecule has 3 N–H and O–H groups in total. The van der Waals surface area contributed by atoms with Crippen LogP contribution in [0.3, 0.4) is 0 Å². The quantitative estimate of drug-likeness (QED) is 0.308. The zero-order chi connectivity index (χ0) is 42.5. The Morgan fingerprint density at radius 2 is 1.91 bits per heavy atom. The molecule has 15 heteroatoms. The molecule has 2 aliphatic carbocycles. The molecule has 14 nitrogen and oxygen atoms in total. The first kappa shape index (κ1) is 36.3. The summed E-state index contributed by atoms with van der Waals surface area (Å²) in [7, 11) is -3.97. The molecule has 3 heterocycles. The lowest BCUT2D eigenvalue weighted by Crippen LogP contribution is -2.62. The zero-order valence-electron chi connectivity index (χ0n) is 35.3. The molecule has 2 aromatic rings. The van der Waals surface area contributed by atoms with Gasteiger partial charge in [0.25, 0.3) is 5.91 Å². The number of sulfonamides is 1. The molecule has 1 saturated heterocycles. The van der Waals surface area contributed by atoms with Crippen molar-refractivity contribution in [2.75, 3.05) is 6.54 Å². The lowest BCUT2D eigenvalue weighted by molar-refractivity contribution is -0.146. The van der Waals surface area contributed by atoms with Crippen molar-refractivity contribution in [2.24, 2.45) is 17.8 Å². The number of carboxylic acid groups (broad SMARTS) is 1. The first-order valence-corrected chi connectivity index (χ1v) is 20.7. The van der Waals surface area contributed by atoms with Gasteiger partial charge in [-0.2, -0.15) is 0 Å². The average Bonchev–Trinajstić information content (AvgIpc) is 4.04. The fourth-order valence-electron chi connectivity index (χ4n) is 8.07. The number of pyridine rings is 1. The van der Waals surface area contributed by atoms with Gasteiger partial charge in [0.15, 0.2) is 0 Å². The predicted molar refractivity (Wildman–Crippen MR) is 206 cm³/mol. The van der Waals surface area contributed by atoms with Crippen LogP contribution in [-0.2, 0) is 24.4 Å². The molecule has 4 amide bonds. The summed E-state index contributed by atoms with van der Waals surface area (Å²) >= 11 is 0. The maximum Gasteiger partial charge on any atom is 0.408 e. The van der Waals surface area contributed by atoms with Gasteiger partial charge in [0.2, 0.25) is 27.7 Å². The number of aromatic nitrogens is 1. The number of rotatable bonds is 8. The molecule has 6 rings (SSSR count). The molecule has 3 fully saturated rings. The van der Waals surface area contributed by atoms with Gasteiger partial charge in [-0.3, -0.25) is 24.0 Å². The minimum Gasteiger partial charge on any atom is -0.491 e. The van der Waals surface area contributed by atoms with E-state index in [0.29, 0.717) is 48.1 Å². The van der Waals surface area contributed by atoms with E-state index in [-0.39, 0.29) is 37.3 Å². The minimum atomic E-state index is -3.97. The number of hydrogen-bond donors (Lipinski definition) is 3. The van der Waals surface area contributed by atoms with Gasteiger partial charge in [-0.1, -0.05) is 26.0 Å². The molecule has 1 aromatic heterocycles. The number of fused-ring (bicyclic) bond motifs is 3. The van der Waals surface area contributed by atoms with E-state index in [1.165, 1.54) is 18.7 Å². The summed E-state index contributed by atoms with van der Waals surface area (Å²) in [5.74, 6) is -2.83. The number of carbonyl (C=O) groups excluding carboxylic acids is 3. The Hall–Kier alpha value is -4.40. The largest absolute Gasteiger partial charge is 0.491 e. The second-order valence-electron chi connectivity index (χ2n) is 16.6. The van der Waals surface area contributed by atoms with Gasteiger partial charge >= 0.3 is 6.09 Å². The highest BCUT2D eigenvalue weighted by atomic mass is 32.2. The van der Waals surface area contributed by atoms with E-state index in [0.717, 1.165) is 5.39 Å².